The molecule has 1 fully saturated rings. The number of carbonyl (C=O) groups excluding carboxylic acids is 1. The summed E-state index contributed by atoms with van der Waals surface area (Å²) in [6.07, 6.45) is 4.69. The Labute approximate surface area is 117 Å². The van der Waals surface area contributed by atoms with E-state index >= 15 is 0 Å². The van der Waals surface area contributed by atoms with Crippen molar-refractivity contribution in [1.29, 1.82) is 0 Å². The third kappa shape index (κ3) is 3.15. The average molecular weight is 287 g/mol. The fourth-order valence-electron chi connectivity index (χ4n) is 2.21. The van der Waals surface area contributed by atoms with E-state index in [1.807, 2.05) is 4.90 Å². The van der Waals surface area contributed by atoms with Crippen molar-refractivity contribution < 1.29 is 4.79 Å². The van der Waals surface area contributed by atoms with Gasteiger partial charge in [0.2, 0.25) is 0 Å². The van der Waals surface area contributed by atoms with Crippen molar-refractivity contribution in [2.75, 3.05) is 13.1 Å². The standard InChI is InChI=1S/C13H16Cl2N2O/c1-9-3-2-5-17(6-4-9)13(18)10-7-12(15)16-8-11(10)14/h7-9H,2-6H2,1H3. The van der Waals surface area contributed by atoms with Crippen LogP contribution in [0.1, 0.15) is 36.5 Å². The van der Waals surface area contributed by atoms with Gasteiger partial charge in [0.05, 0.1) is 10.6 Å². The quantitative estimate of drug-likeness (QED) is 0.739. The summed E-state index contributed by atoms with van der Waals surface area (Å²) >= 11 is 11.8. The SMILES string of the molecule is CC1CCCN(C(=O)c2cc(Cl)ncc2Cl)CC1. The summed E-state index contributed by atoms with van der Waals surface area (Å²) in [5, 5.41) is 0.660. The van der Waals surface area contributed by atoms with Gasteiger partial charge >= 0.3 is 0 Å². The number of amides is 1. The lowest BCUT2D eigenvalue weighted by atomic mass is 10.0. The lowest BCUT2D eigenvalue weighted by Crippen LogP contribution is -2.32. The van der Waals surface area contributed by atoms with Crippen LogP contribution in [-0.2, 0) is 0 Å². The van der Waals surface area contributed by atoms with Crippen LogP contribution in [0.5, 0.6) is 0 Å². The maximum atomic E-state index is 12.4. The molecule has 0 saturated carbocycles. The Morgan fingerprint density at radius 3 is 2.94 bits per heavy atom. The van der Waals surface area contributed by atoms with Crippen LogP contribution in [0.15, 0.2) is 12.3 Å². The van der Waals surface area contributed by atoms with Crippen LogP contribution in [0.4, 0.5) is 0 Å². The van der Waals surface area contributed by atoms with Crippen LogP contribution in [0.25, 0.3) is 0 Å². The van der Waals surface area contributed by atoms with E-state index in [9.17, 15) is 4.79 Å². The first-order valence-corrected chi connectivity index (χ1v) is 6.94. The van der Waals surface area contributed by atoms with Crippen LogP contribution >= 0.6 is 23.2 Å². The molecule has 1 aromatic rings. The van der Waals surface area contributed by atoms with Crippen molar-refractivity contribution in [3.8, 4) is 0 Å². The summed E-state index contributed by atoms with van der Waals surface area (Å²) < 4.78 is 0. The number of hydrogen-bond donors (Lipinski definition) is 0. The molecule has 0 bridgehead atoms. The van der Waals surface area contributed by atoms with Gasteiger partial charge in [0.15, 0.2) is 0 Å². The van der Waals surface area contributed by atoms with E-state index < -0.39 is 0 Å². The maximum Gasteiger partial charge on any atom is 0.255 e. The minimum absolute atomic E-state index is 0.0431. The van der Waals surface area contributed by atoms with Crippen LogP contribution in [0.2, 0.25) is 10.2 Å². The summed E-state index contributed by atoms with van der Waals surface area (Å²) in [4.78, 5) is 18.1. The molecule has 1 aliphatic rings. The molecule has 0 radical (unpaired) electrons. The van der Waals surface area contributed by atoms with E-state index in [-0.39, 0.29) is 5.91 Å². The van der Waals surface area contributed by atoms with Crippen molar-refractivity contribution in [2.45, 2.75) is 26.2 Å². The minimum atomic E-state index is -0.0431. The van der Waals surface area contributed by atoms with Gasteiger partial charge in [-0.25, -0.2) is 4.98 Å². The molecule has 2 rings (SSSR count). The average Bonchev–Trinajstić information content (AvgIpc) is 2.56. The number of aromatic nitrogens is 1. The van der Waals surface area contributed by atoms with Crippen molar-refractivity contribution in [1.82, 2.24) is 9.88 Å². The Morgan fingerprint density at radius 1 is 1.39 bits per heavy atom. The second-order valence-electron chi connectivity index (χ2n) is 4.82. The first-order chi connectivity index (χ1) is 8.58. The Bertz CT molecular complexity index is 451. The van der Waals surface area contributed by atoms with Gasteiger partial charge in [0.1, 0.15) is 5.15 Å². The van der Waals surface area contributed by atoms with Crippen LogP contribution in [0, 0.1) is 5.92 Å². The van der Waals surface area contributed by atoms with Crippen LogP contribution in [0.3, 0.4) is 0 Å². The molecule has 3 nitrogen and oxygen atoms in total. The molecule has 1 saturated heterocycles. The Morgan fingerprint density at radius 2 is 2.17 bits per heavy atom. The highest BCUT2D eigenvalue weighted by Crippen LogP contribution is 2.23. The Hall–Kier alpha value is -0.800. The molecule has 98 valence electrons. The smallest absolute Gasteiger partial charge is 0.255 e. The van der Waals surface area contributed by atoms with Crippen LogP contribution < -0.4 is 0 Å². The molecule has 1 aliphatic heterocycles. The van der Waals surface area contributed by atoms with E-state index in [0.29, 0.717) is 21.7 Å². The molecule has 0 N–H and O–H groups in total. The molecular weight excluding hydrogens is 271 g/mol. The van der Waals surface area contributed by atoms with Gasteiger partial charge in [0.25, 0.3) is 5.91 Å². The predicted octanol–water partition coefficient (Wildman–Crippen LogP) is 3.65. The molecule has 2 heterocycles. The van der Waals surface area contributed by atoms with Gasteiger partial charge in [0, 0.05) is 19.3 Å². The zero-order valence-corrected chi connectivity index (χ0v) is 11.8. The van der Waals surface area contributed by atoms with Gasteiger partial charge in [-0.05, 0) is 31.2 Å². The topological polar surface area (TPSA) is 33.2 Å². The summed E-state index contributed by atoms with van der Waals surface area (Å²) in [7, 11) is 0. The van der Waals surface area contributed by atoms with E-state index in [1.54, 1.807) is 6.07 Å². The number of carbonyl (C=O) groups is 1. The zero-order chi connectivity index (χ0) is 13.1. The number of nitrogens with zero attached hydrogens (tertiary/aromatic N) is 2. The summed E-state index contributed by atoms with van der Waals surface area (Å²) in [5.74, 6) is 0.637. The van der Waals surface area contributed by atoms with Crippen LogP contribution in [-0.4, -0.2) is 28.9 Å². The molecule has 0 aliphatic carbocycles. The number of pyridine rings is 1. The maximum absolute atomic E-state index is 12.4. The molecule has 1 atom stereocenters. The number of halogens is 2. The molecule has 0 spiro atoms. The highest BCUT2D eigenvalue weighted by atomic mass is 35.5. The Kier molecular flexibility index (Phi) is 4.46. The highest BCUT2D eigenvalue weighted by molar-refractivity contribution is 6.35. The lowest BCUT2D eigenvalue weighted by molar-refractivity contribution is 0.0760. The molecule has 18 heavy (non-hydrogen) atoms. The minimum Gasteiger partial charge on any atom is -0.339 e. The van der Waals surface area contributed by atoms with Gasteiger partial charge in [-0.3, -0.25) is 4.79 Å². The first-order valence-electron chi connectivity index (χ1n) is 6.18. The number of likely N-dealkylation sites (tertiary alicyclic amines) is 1. The molecule has 1 amide bonds. The van der Waals surface area contributed by atoms with Gasteiger partial charge in [-0.1, -0.05) is 30.1 Å². The highest BCUT2D eigenvalue weighted by Gasteiger charge is 2.21. The van der Waals surface area contributed by atoms with E-state index in [1.165, 1.54) is 12.6 Å². The van der Waals surface area contributed by atoms with E-state index in [2.05, 4.69) is 11.9 Å². The summed E-state index contributed by atoms with van der Waals surface area (Å²) in [6.45, 7) is 3.81. The first kappa shape index (κ1) is 13.6. The number of rotatable bonds is 1. The molecule has 1 unspecified atom stereocenters. The lowest BCUT2D eigenvalue weighted by Gasteiger charge is -2.21. The summed E-state index contributed by atoms with van der Waals surface area (Å²) in [5.41, 5.74) is 0.450. The zero-order valence-electron chi connectivity index (χ0n) is 10.3. The monoisotopic (exact) mass is 286 g/mol. The predicted molar refractivity (Wildman–Crippen MR) is 73.2 cm³/mol. The second kappa shape index (κ2) is 5.89. The van der Waals surface area contributed by atoms with Gasteiger partial charge in [-0.2, -0.15) is 0 Å². The molecule has 1 aromatic heterocycles. The van der Waals surface area contributed by atoms with Crippen molar-refractivity contribution in [3.05, 3.63) is 28.0 Å². The molecule has 5 heteroatoms. The fourth-order valence-corrected chi connectivity index (χ4v) is 2.56. The Balaban J connectivity index is 2.17. The molecular formula is C13H16Cl2N2O. The fraction of sp³-hybridized carbons (Fsp3) is 0.538. The summed E-state index contributed by atoms with van der Waals surface area (Å²) in [6, 6.07) is 1.54. The van der Waals surface area contributed by atoms with E-state index in [0.717, 1.165) is 25.9 Å². The third-order valence-electron chi connectivity index (χ3n) is 3.36. The van der Waals surface area contributed by atoms with E-state index in [4.69, 9.17) is 23.2 Å². The van der Waals surface area contributed by atoms with Gasteiger partial charge < -0.3 is 4.90 Å². The second-order valence-corrected chi connectivity index (χ2v) is 5.61. The van der Waals surface area contributed by atoms with Crippen molar-refractivity contribution in [2.24, 2.45) is 5.92 Å². The molecule has 0 aromatic carbocycles. The number of hydrogen-bond acceptors (Lipinski definition) is 2. The van der Waals surface area contributed by atoms with Crippen molar-refractivity contribution >= 4 is 29.1 Å². The van der Waals surface area contributed by atoms with Gasteiger partial charge in [-0.15, -0.1) is 0 Å². The third-order valence-corrected chi connectivity index (χ3v) is 3.86. The van der Waals surface area contributed by atoms with Crippen molar-refractivity contribution in [3.63, 3.8) is 0 Å². The largest absolute Gasteiger partial charge is 0.339 e. The normalized spacial score (nSPS) is 20.6.